The highest BCUT2D eigenvalue weighted by Gasteiger charge is 2.47. The van der Waals surface area contributed by atoms with Gasteiger partial charge in [0.05, 0.1) is 45.9 Å². The molecule has 9 heteroatoms. The van der Waals surface area contributed by atoms with Crippen LogP contribution in [-0.2, 0) is 30.4 Å². The third kappa shape index (κ3) is 8.78. The molecule has 0 bridgehead atoms. The maximum absolute atomic E-state index is 14.4. The quantitative estimate of drug-likeness (QED) is 0.191. The second-order valence-electron chi connectivity index (χ2n) is 12.3. The molecule has 1 amide bonds. The van der Waals surface area contributed by atoms with Crippen LogP contribution in [0, 0.1) is 6.92 Å². The van der Waals surface area contributed by atoms with Crippen molar-refractivity contribution in [2.45, 2.75) is 84.0 Å². The Morgan fingerprint density at radius 2 is 1.69 bits per heavy atom. The summed E-state index contributed by atoms with van der Waals surface area (Å²) in [4.78, 5) is 29.2. The Morgan fingerprint density at radius 1 is 0.978 bits per heavy atom. The van der Waals surface area contributed by atoms with Gasteiger partial charge < -0.3 is 28.6 Å². The summed E-state index contributed by atoms with van der Waals surface area (Å²) in [6.45, 7) is 10.0. The number of nitrogens with zero attached hydrogens (tertiary/aromatic N) is 1. The summed E-state index contributed by atoms with van der Waals surface area (Å²) in [5, 5.41) is 0.591. The summed E-state index contributed by atoms with van der Waals surface area (Å²) in [5.41, 5.74) is 3.05. The van der Waals surface area contributed by atoms with E-state index in [1.165, 1.54) is 0 Å². The average molecular weight is 638 g/mol. The highest BCUT2D eigenvalue weighted by molar-refractivity contribution is 6.30. The van der Waals surface area contributed by atoms with E-state index in [0.717, 1.165) is 22.3 Å². The van der Waals surface area contributed by atoms with Crippen molar-refractivity contribution >= 4 is 23.5 Å². The van der Waals surface area contributed by atoms with E-state index in [9.17, 15) is 9.59 Å². The lowest BCUT2D eigenvalue weighted by Gasteiger charge is -2.48. The molecule has 242 valence electrons. The molecule has 1 heterocycles. The first kappa shape index (κ1) is 34.3. The first-order valence-corrected chi connectivity index (χ1v) is 15.6. The predicted octanol–water partition coefficient (Wildman–Crippen LogP) is 7.40. The largest absolute Gasteiger partial charge is 0.493 e. The van der Waals surface area contributed by atoms with E-state index < -0.39 is 29.8 Å². The molecule has 0 saturated carbocycles. The van der Waals surface area contributed by atoms with Crippen LogP contribution in [0.4, 0.5) is 0 Å². The smallest absolute Gasteiger partial charge is 0.309 e. The van der Waals surface area contributed by atoms with Crippen molar-refractivity contribution in [2.24, 2.45) is 0 Å². The SMILES string of the molecule is CCC(COCc1ccc(OC)c(OC)c1)N1C(=O)[C@H](CC(=O)OC(C)(C)C)OC(c2cccc(C)c2)C1c1ccc(Cl)cc1. The van der Waals surface area contributed by atoms with Crippen molar-refractivity contribution in [3.8, 4) is 11.5 Å². The van der Waals surface area contributed by atoms with Crippen molar-refractivity contribution < 1.29 is 33.3 Å². The number of hydrogen-bond acceptors (Lipinski definition) is 7. The van der Waals surface area contributed by atoms with Gasteiger partial charge in [0, 0.05) is 5.02 Å². The Balaban J connectivity index is 1.70. The first-order valence-electron chi connectivity index (χ1n) is 15.2. The number of aryl methyl sites for hydroxylation is 1. The normalized spacial score (nSPS) is 19.2. The molecule has 0 spiro atoms. The first-order chi connectivity index (χ1) is 21.4. The van der Waals surface area contributed by atoms with Crippen LogP contribution in [-0.4, -0.2) is 55.3 Å². The maximum Gasteiger partial charge on any atom is 0.309 e. The summed E-state index contributed by atoms with van der Waals surface area (Å²) in [7, 11) is 3.19. The second kappa shape index (κ2) is 15.1. The zero-order valence-electron chi connectivity index (χ0n) is 27.2. The Labute approximate surface area is 271 Å². The minimum Gasteiger partial charge on any atom is -0.493 e. The molecule has 45 heavy (non-hydrogen) atoms. The summed E-state index contributed by atoms with van der Waals surface area (Å²) < 4.78 is 29.2. The van der Waals surface area contributed by atoms with Gasteiger partial charge in [-0.1, -0.05) is 66.6 Å². The van der Waals surface area contributed by atoms with Crippen molar-refractivity contribution in [3.63, 3.8) is 0 Å². The molecular weight excluding hydrogens is 594 g/mol. The summed E-state index contributed by atoms with van der Waals surface area (Å²) in [6.07, 6.45) is -1.18. The van der Waals surface area contributed by atoms with Crippen LogP contribution in [0.15, 0.2) is 66.7 Å². The molecule has 8 nitrogen and oxygen atoms in total. The van der Waals surface area contributed by atoms with Gasteiger partial charge in [-0.3, -0.25) is 9.59 Å². The number of ether oxygens (including phenoxy) is 5. The van der Waals surface area contributed by atoms with Crippen LogP contribution in [0.2, 0.25) is 5.02 Å². The number of rotatable bonds is 12. The maximum atomic E-state index is 14.4. The van der Waals surface area contributed by atoms with Gasteiger partial charge in [-0.2, -0.15) is 0 Å². The fourth-order valence-electron chi connectivity index (χ4n) is 5.62. The van der Waals surface area contributed by atoms with Crippen LogP contribution in [0.1, 0.15) is 74.9 Å². The molecule has 0 N–H and O–H groups in total. The van der Waals surface area contributed by atoms with E-state index >= 15 is 0 Å². The topological polar surface area (TPSA) is 83.5 Å². The molecule has 1 fully saturated rings. The summed E-state index contributed by atoms with van der Waals surface area (Å²) in [5.74, 6) is 0.469. The van der Waals surface area contributed by atoms with Gasteiger partial charge in [0.1, 0.15) is 17.8 Å². The second-order valence-corrected chi connectivity index (χ2v) is 12.7. The van der Waals surface area contributed by atoms with Crippen molar-refractivity contribution in [2.75, 3.05) is 20.8 Å². The minimum absolute atomic E-state index is 0.203. The van der Waals surface area contributed by atoms with E-state index in [2.05, 4.69) is 6.07 Å². The highest BCUT2D eigenvalue weighted by atomic mass is 35.5. The lowest BCUT2D eigenvalue weighted by atomic mass is 9.89. The molecule has 0 aliphatic carbocycles. The Morgan fingerprint density at radius 3 is 2.31 bits per heavy atom. The number of hydrogen-bond donors (Lipinski definition) is 0. The monoisotopic (exact) mass is 637 g/mol. The molecule has 1 saturated heterocycles. The molecule has 0 radical (unpaired) electrons. The average Bonchev–Trinajstić information content (AvgIpc) is 3.00. The zero-order valence-corrected chi connectivity index (χ0v) is 27.9. The molecule has 3 aromatic rings. The molecule has 4 atom stereocenters. The van der Waals surface area contributed by atoms with Gasteiger partial charge in [0.2, 0.25) is 0 Å². The van der Waals surface area contributed by atoms with Gasteiger partial charge in [0.25, 0.3) is 5.91 Å². The molecule has 3 aromatic carbocycles. The van der Waals surface area contributed by atoms with Crippen LogP contribution in [0.25, 0.3) is 0 Å². The Bertz CT molecular complexity index is 1450. The number of esters is 1. The molecular formula is C36H44ClNO7. The fourth-order valence-corrected chi connectivity index (χ4v) is 5.74. The van der Waals surface area contributed by atoms with E-state index in [1.54, 1.807) is 35.0 Å². The van der Waals surface area contributed by atoms with Crippen LogP contribution >= 0.6 is 11.6 Å². The number of carbonyl (C=O) groups is 2. The molecule has 3 unspecified atom stereocenters. The third-order valence-electron chi connectivity index (χ3n) is 7.67. The predicted molar refractivity (Wildman–Crippen MR) is 174 cm³/mol. The van der Waals surface area contributed by atoms with E-state index in [4.69, 9.17) is 35.3 Å². The number of benzene rings is 3. The number of halogens is 1. The van der Waals surface area contributed by atoms with Crippen LogP contribution in [0.3, 0.4) is 0 Å². The molecule has 4 rings (SSSR count). The zero-order chi connectivity index (χ0) is 32.7. The van der Waals surface area contributed by atoms with Gasteiger partial charge in [-0.25, -0.2) is 0 Å². The lowest BCUT2D eigenvalue weighted by molar-refractivity contribution is -0.188. The minimum atomic E-state index is -1.03. The summed E-state index contributed by atoms with van der Waals surface area (Å²) in [6, 6.07) is 20.3. The standard InChI is InChI=1S/C36H44ClNO7/c1-8-28(22-43-21-24-12-17-29(41-6)30(19-24)42-7)38-33(25-13-15-27(37)16-14-25)34(26-11-9-10-23(2)18-26)44-31(35(38)40)20-32(39)45-36(3,4)5/h9-19,28,31,33-34H,8,20-22H2,1-7H3/t28?,31-,33?,34?/m0/s1. The van der Waals surface area contributed by atoms with E-state index in [0.29, 0.717) is 29.5 Å². The molecule has 1 aliphatic rings. The third-order valence-corrected chi connectivity index (χ3v) is 7.93. The lowest BCUT2D eigenvalue weighted by Crippen LogP contribution is -2.56. The Kier molecular flexibility index (Phi) is 11.5. The molecule has 1 aliphatic heterocycles. The number of carbonyl (C=O) groups excluding carboxylic acids is 2. The summed E-state index contributed by atoms with van der Waals surface area (Å²) >= 11 is 6.28. The number of amides is 1. The van der Waals surface area contributed by atoms with E-state index in [-0.39, 0.29) is 25.0 Å². The highest BCUT2D eigenvalue weighted by Crippen LogP contribution is 2.44. The van der Waals surface area contributed by atoms with Gasteiger partial charge in [-0.05, 0) is 75.1 Å². The fraction of sp³-hybridized carbons (Fsp3) is 0.444. The van der Waals surface area contributed by atoms with Gasteiger partial charge >= 0.3 is 5.97 Å². The van der Waals surface area contributed by atoms with Crippen molar-refractivity contribution in [1.82, 2.24) is 4.90 Å². The Hall–Kier alpha value is -3.59. The van der Waals surface area contributed by atoms with Crippen molar-refractivity contribution in [1.29, 1.82) is 0 Å². The van der Waals surface area contributed by atoms with Crippen LogP contribution in [0.5, 0.6) is 11.5 Å². The van der Waals surface area contributed by atoms with Crippen molar-refractivity contribution in [3.05, 3.63) is 94.0 Å². The number of methoxy groups -OCH3 is 2. The van der Waals surface area contributed by atoms with Gasteiger partial charge in [0.15, 0.2) is 11.5 Å². The number of morpholine rings is 1. The molecule has 0 aromatic heterocycles. The van der Waals surface area contributed by atoms with Gasteiger partial charge in [-0.15, -0.1) is 0 Å². The van der Waals surface area contributed by atoms with E-state index in [1.807, 2.05) is 79.4 Å². The van der Waals surface area contributed by atoms with Crippen LogP contribution < -0.4 is 9.47 Å².